The molecule has 15 heavy (non-hydrogen) atoms. The predicted octanol–water partition coefficient (Wildman–Crippen LogP) is 2.85. The number of hydrogen-bond acceptors (Lipinski definition) is 2. The molecule has 1 heterocycles. The van der Waals surface area contributed by atoms with E-state index >= 15 is 0 Å². The lowest BCUT2D eigenvalue weighted by Crippen LogP contribution is -2.13. The molecule has 0 atom stereocenters. The van der Waals surface area contributed by atoms with Crippen LogP contribution in [0.15, 0.2) is 12.3 Å². The van der Waals surface area contributed by atoms with Gasteiger partial charge in [0.2, 0.25) is 0 Å². The van der Waals surface area contributed by atoms with E-state index in [2.05, 4.69) is 31.9 Å². The Morgan fingerprint density at radius 3 is 2.33 bits per heavy atom. The Bertz CT molecular complexity index is 261. The molecule has 88 valence electrons. The van der Waals surface area contributed by atoms with Crippen LogP contribution in [0.25, 0.3) is 0 Å². The molecule has 1 aromatic rings. The van der Waals surface area contributed by atoms with E-state index in [9.17, 15) is 0 Å². The zero-order valence-corrected chi connectivity index (χ0v) is 10.9. The highest BCUT2D eigenvalue weighted by Crippen LogP contribution is 2.19. The Labute approximate surface area is 93.4 Å². The summed E-state index contributed by atoms with van der Waals surface area (Å²) < 4.78 is 6.90. The summed E-state index contributed by atoms with van der Waals surface area (Å²) in [7, 11) is 1.70. The smallest absolute Gasteiger partial charge is 0.0677 e. The van der Waals surface area contributed by atoms with Crippen LogP contribution in [0.5, 0.6) is 0 Å². The van der Waals surface area contributed by atoms with Crippen LogP contribution in [0, 0.1) is 0 Å². The van der Waals surface area contributed by atoms with Gasteiger partial charge in [-0.1, -0.05) is 34.6 Å². The minimum atomic E-state index is 0.137. The van der Waals surface area contributed by atoms with Gasteiger partial charge in [0.05, 0.1) is 18.8 Å². The fourth-order valence-electron chi connectivity index (χ4n) is 1.07. The van der Waals surface area contributed by atoms with Gasteiger partial charge >= 0.3 is 0 Å². The molecule has 0 aromatic carbocycles. The third kappa shape index (κ3) is 4.98. The van der Waals surface area contributed by atoms with Crippen LogP contribution in [0.1, 0.15) is 40.3 Å². The van der Waals surface area contributed by atoms with E-state index in [4.69, 9.17) is 4.74 Å². The van der Waals surface area contributed by atoms with Crippen LogP contribution in [-0.2, 0) is 16.7 Å². The minimum Gasteiger partial charge on any atom is -0.383 e. The maximum atomic E-state index is 4.98. The maximum Gasteiger partial charge on any atom is 0.0677 e. The van der Waals surface area contributed by atoms with Gasteiger partial charge in [0.15, 0.2) is 0 Å². The van der Waals surface area contributed by atoms with E-state index in [0.29, 0.717) is 6.61 Å². The summed E-state index contributed by atoms with van der Waals surface area (Å²) in [6.45, 7) is 12.0. The summed E-state index contributed by atoms with van der Waals surface area (Å²) in [6.07, 6.45) is 2.00. The van der Waals surface area contributed by atoms with Gasteiger partial charge in [0.25, 0.3) is 0 Å². The number of methoxy groups -OCH3 is 1. The first-order chi connectivity index (χ1) is 7.04. The Morgan fingerprint density at radius 2 is 1.93 bits per heavy atom. The molecule has 0 radical (unpaired) electrons. The summed E-state index contributed by atoms with van der Waals surface area (Å²) in [5.41, 5.74) is 1.27. The van der Waals surface area contributed by atoms with Crippen molar-refractivity contribution in [1.29, 1.82) is 0 Å². The first-order valence-electron chi connectivity index (χ1n) is 5.57. The van der Waals surface area contributed by atoms with Gasteiger partial charge in [-0.15, -0.1) is 0 Å². The van der Waals surface area contributed by atoms with Crippen molar-refractivity contribution in [2.45, 2.75) is 46.6 Å². The number of nitrogens with zero attached hydrogens (tertiary/aromatic N) is 2. The second-order valence-electron chi connectivity index (χ2n) is 4.21. The van der Waals surface area contributed by atoms with E-state index in [0.717, 1.165) is 12.2 Å². The molecule has 0 spiro atoms. The third-order valence-corrected chi connectivity index (χ3v) is 1.93. The number of ether oxygens (including phenoxy) is 1. The van der Waals surface area contributed by atoms with Gasteiger partial charge in [-0.2, -0.15) is 5.10 Å². The van der Waals surface area contributed by atoms with Crippen molar-refractivity contribution >= 4 is 0 Å². The lowest BCUT2D eigenvalue weighted by atomic mass is 9.93. The predicted molar refractivity (Wildman–Crippen MR) is 64.2 cm³/mol. The summed E-state index contributed by atoms with van der Waals surface area (Å²) in [4.78, 5) is 0. The first kappa shape index (κ1) is 14.2. The molecular weight excluding hydrogens is 188 g/mol. The van der Waals surface area contributed by atoms with Crippen LogP contribution < -0.4 is 0 Å². The van der Waals surface area contributed by atoms with E-state index in [1.807, 2.05) is 24.7 Å². The summed E-state index contributed by atoms with van der Waals surface area (Å²) in [6, 6.07) is 2.07. The molecule has 0 N–H and O–H groups in total. The summed E-state index contributed by atoms with van der Waals surface area (Å²) in [5, 5.41) is 4.46. The van der Waals surface area contributed by atoms with Crippen LogP contribution in [0.2, 0.25) is 0 Å². The SMILES string of the molecule is CC.COCCn1ccc(C(C)(C)C)n1. The molecule has 0 fully saturated rings. The average Bonchev–Trinajstić information content (AvgIpc) is 2.65. The molecule has 3 heteroatoms. The Balaban J connectivity index is 0.000000921. The standard InChI is InChI=1S/C10H18N2O.C2H6/c1-10(2,3)9-5-6-12(11-9)7-8-13-4;1-2/h5-6H,7-8H2,1-4H3;1-2H3. The van der Waals surface area contributed by atoms with Crippen LogP contribution in [-0.4, -0.2) is 23.5 Å². The second-order valence-corrected chi connectivity index (χ2v) is 4.21. The van der Waals surface area contributed by atoms with E-state index in [1.54, 1.807) is 7.11 Å². The molecule has 0 aliphatic heterocycles. The number of rotatable bonds is 3. The quantitative estimate of drug-likeness (QED) is 0.770. The molecule has 0 unspecified atom stereocenters. The average molecular weight is 212 g/mol. The normalized spacial score (nSPS) is 10.8. The first-order valence-corrected chi connectivity index (χ1v) is 5.57. The van der Waals surface area contributed by atoms with E-state index in [1.165, 1.54) is 0 Å². The topological polar surface area (TPSA) is 27.1 Å². The van der Waals surface area contributed by atoms with Crippen LogP contribution in [0.3, 0.4) is 0 Å². The van der Waals surface area contributed by atoms with Crippen molar-refractivity contribution in [3.05, 3.63) is 18.0 Å². The third-order valence-electron chi connectivity index (χ3n) is 1.93. The highest BCUT2D eigenvalue weighted by molar-refractivity contribution is 5.10. The van der Waals surface area contributed by atoms with E-state index in [-0.39, 0.29) is 5.41 Å². The molecule has 1 rings (SSSR count). The van der Waals surface area contributed by atoms with E-state index < -0.39 is 0 Å². The molecule has 0 amide bonds. The zero-order chi connectivity index (χ0) is 11.9. The molecule has 0 aliphatic rings. The fraction of sp³-hybridized carbons (Fsp3) is 0.750. The van der Waals surface area contributed by atoms with Crippen LogP contribution in [0.4, 0.5) is 0 Å². The summed E-state index contributed by atoms with van der Waals surface area (Å²) in [5.74, 6) is 0. The molecule has 1 aromatic heterocycles. The molecule has 0 aliphatic carbocycles. The van der Waals surface area contributed by atoms with Gasteiger partial charge in [-0.3, -0.25) is 4.68 Å². The molecule has 0 bridgehead atoms. The Kier molecular flexibility index (Phi) is 6.25. The van der Waals surface area contributed by atoms with Gasteiger partial charge in [-0.25, -0.2) is 0 Å². The van der Waals surface area contributed by atoms with Gasteiger partial charge in [0.1, 0.15) is 0 Å². The van der Waals surface area contributed by atoms with Crippen molar-refractivity contribution in [2.24, 2.45) is 0 Å². The molecule has 0 saturated carbocycles. The number of aromatic nitrogens is 2. The Hall–Kier alpha value is -0.830. The molecule has 3 nitrogen and oxygen atoms in total. The minimum absolute atomic E-state index is 0.137. The van der Waals surface area contributed by atoms with Crippen molar-refractivity contribution in [2.75, 3.05) is 13.7 Å². The second kappa shape index (κ2) is 6.62. The van der Waals surface area contributed by atoms with Crippen molar-refractivity contribution in [1.82, 2.24) is 9.78 Å². The van der Waals surface area contributed by atoms with Gasteiger partial charge in [0, 0.05) is 18.7 Å². The van der Waals surface area contributed by atoms with Crippen molar-refractivity contribution in [3.63, 3.8) is 0 Å². The monoisotopic (exact) mass is 212 g/mol. The molecular formula is C12H24N2O. The van der Waals surface area contributed by atoms with Gasteiger partial charge < -0.3 is 4.74 Å². The Morgan fingerprint density at radius 1 is 1.33 bits per heavy atom. The highest BCUT2D eigenvalue weighted by Gasteiger charge is 2.16. The lowest BCUT2D eigenvalue weighted by molar-refractivity contribution is 0.183. The molecule has 0 saturated heterocycles. The lowest BCUT2D eigenvalue weighted by Gasteiger charge is -2.14. The van der Waals surface area contributed by atoms with Crippen LogP contribution >= 0.6 is 0 Å². The fourth-order valence-corrected chi connectivity index (χ4v) is 1.07. The largest absolute Gasteiger partial charge is 0.383 e. The maximum absolute atomic E-state index is 4.98. The van der Waals surface area contributed by atoms with Gasteiger partial charge in [-0.05, 0) is 6.07 Å². The number of hydrogen-bond donors (Lipinski definition) is 0. The highest BCUT2D eigenvalue weighted by atomic mass is 16.5. The van der Waals surface area contributed by atoms with Crippen molar-refractivity contribution < 1.29 is 4.74 Å². The zero-order valence-electron chi connectivity index (χ0n) is 10.9. The van der Waals surface area contributed by atoms with Crippen molar-refractivity contribution in [3.8, 4) is 0 Å². The summed E-state index contributed by atoms with van der Waals surface area (Å²) >= 11 is 0.